The van der Waals surface area contributed by atoms with E-state index in [2.05, 4.69) is 10.6 Å². The summed E-state index contributed by atoms with van der Waals surface area (Å²) in [7, 11) is 5.21. The van der Waals surface area contributed by atoms with Gasteiger partial charge in [-0.1, -0.05) is 18.2 Å². The van der Waals surface area contributed by atoms with Crippen LogP contribution >= 0.6 is 12.4 Å². The molecule has 0 aliphatic heterocycles. The van der Waals surface area contributed by atoms with Crippen LogP contribution in [-0.2, 0) is 0 Å². The van der Waals surface area contributed by atoms with Gasteiger partial charge in [-0.2, -0.15) is 0 Å². The molecule has 0 atom stereocenters. The molecule has 0 aliphatic rings. The summed E-state index contributed by atoms with van der Waals surface area (Å²) in [4.78, 5) is 37.9. The van der Waals surface area contributed by atoms with Crippen LogP contribution in [0.15, 0.2) is 42.5 Å². The molecular formula is C20H25ClN4O4. The van der Waals surface area contributed by atoms with Gasteiger partial charge in [0, 0.05) is 37.8 Å². The standard InChI is InChI=1S/C20H24N4O4.ClH/c1-21-11-6-12-22-20(26)16-8-5-4-7-15(16)19(25)14-9-10-17(23(2)3)18(13-14)24(27)28;/h4-5,7-10,13,21H,6,11-12H2,1-3H3,(H,22,26);1H. The zero-order valence-corrected chi connectivity index (χ0v) is 17.4. The highest BCUT2D eigenvalue weighted by Crippen LogP contribution is 2.29. The van der Waals surface area contributed by atoms with Gasteiger partial charge in [-0.25, -0.2) is 0 Å². The van der Waals surface area contributed by atoms with Crippen LogP contribution in [0, 0.1) is 10.1 Å². The Balaban J connectivity index is 0.00000420. The van der Waals surface area contributed by atoms with Gasteiger partial charge in [-0.3, -0.25) is 19.7 Å². The van der Waals surface area contributed by atoms with Crippen molar-refractivity contribution in [1.82, 2.24) is 10.6 Å². The average Bonchev–Trinajstić information content (AvgIpc) is 2.69. The van der Waals surface area contributed by atoms with E-state index in [1.807, 2.05) is 7.05 Å². The Kier molecular flexibility index (Phi) is 9.24. The normalized spacial score (nSPS) is 10.0. The number of rotatable bonds is 9. The van der Waals surface area contributed by atoms with Crippen molar-refractivity contribution in [2.24, 2.45) is 0 Å². The minimum Gasteiger partial charge on any atom is -0.372 e. The molecule has 0 saturated heterocycles. The molecule has 156 valence electrons. The molecule has 8 nitrogen and oxygen atoms in total. The number of carbonyl (C=O) groups excluding carboxylic acids is 2. The summed E-state index contributed by atoms with van der Waals surface area (Å²) in [5.41, 5.74) is 0.853. The molecular weight excluding hydrogens is 396 g/mol. The van der Waals surface area contributed by atoms with E-state index < -0.39 is 10.7 Å². The van der Waals surface area contributed by atoms with Crippen molar-refractivity contribution in [2.75, 3.05) is 39.1 Å². The SMILES string of the molecule is CNCCCNC(=O)c1ccccc1C(=O)c1ccc(N(C)C)c([N+](=O)[O-])c1.Cl. The van der Waals surface area contributed by atoms with Crippen molar-refractivity contribution in [1.29, 1.82) is 0 Å². The lowest BCUT2D eigenvalue weighted by atomic mass is 9.97. The number of anilines is 1. The number of nitro groups is 1. The number of ketones is 1. The zero-order valence-electron chi connectivity index (χ0n) is 16.6. The topological polar surface area (TPSA) is 105 Å². The minimum absolute atomic E-state index is 0. The lowest BCUT2D eigenvalue weighted by Crippen LogP contribution is -2.28. The van der Waals surface area contributed by atoms with Crippen LogP contribution < -0.4 is 15.5 Å². The van der Waals surface area contributed by atoms with Crippen LogP contribution in [0.1, 0.15) is 32.7 Å². The Morgan fingerprint density at radius 3 is 2.31 bits per heavy atom. The number of benzene rings is 2. The molecule has 0 radical (unpaired) electrons. The summed E-state index contributed by atoms with van der Waals surface area (Å²) in [5.74, 6) is -0.783. The van der Waals surface area contributed by atoms with Crippen molar-refractivity contribution in [3.8, 4) is 0 Å². The number of nitrogens with one attached hydrogen (secondary N) is 2. The van der Waals surface area contributed by atoms with Crippen molar-refractivity contribution >= 4 is 35.5 Å². The number of carbonyl (C=O) groups is 2. The molecule has 1 amide bonds. The third kappa shape index (κ3) is 6.00. The van der Waals surface area contributed by atoms with E-state index in [4.69, 9.17) is 0 Å². The number of nitrogens with zero attached hydrogens (tertiary/aromatic N) is 2. The van der Waals surface area contributed by atoms with Gasteiger partial charge in [0.25, 0.3) is 11.6 Å². The largest absolute Gasteiger partial charge is 0.372 e. The van der Waals surface area contributed by atoms with Gasteiger partial charge in [0.05, 0.1) is 10.5 Å². The number of halogens is 1. The second-order valence-electron chi connectivity index (χ2n) is 6.44. The van der Waals surface area contributed by atoms with E-state index in [0.717, 1.165) is 13.0 Å². The second-order valence-corrected chi connectivity index (χ2v) is 6.44. The molecule has 2 rings (SSSR count). The number of amides is 1. The predicted molar refractivity (Wildman–Crippen MR) is 115 cm³/mol. The molecule has 0 spiro atoms. The van der Waals surface area contributed by atoms with E-state index >= 15 is 0 Å². The maximum atomic E-state index is 13.0. The lowest BCUT2D eigenvalue weighted by Gasteiger charge is -2.14. The molecule has 29 heavy (non-hydrogen) atoms. The Bertz CT molecular complexity index is 887. The summed E-state index contributed by atoms with van der Waals surface area (Å²) in [6.45, 7) is 1.24. The van der Waals surface area contributed by atoms with E-state index in [1.165, 1.54) is 18.2 Å². The molecule has 0 saturated carbocycles. The van der Waals surface area contributed by atoms with Crippen LogP contribution in [0.4, 0.5) is 11.4 Å². The van der Waals surface area contributed by atoms with Gasteiger partial charge in [-0.05, 0) is 38.2 Å². The highest BCUT2D eigenvalue weighted by molar-refractivity contribution is 6.15. The molecule has 0 unspecified atom stereocenters. The fraction of sp³-hybridized carbons (Fsp3) is 0.300. The fourth-order valence-corrected chi connectivity index (χ4v) is 2.79. The summed E-state index contributed by atoms with van der Waals surface area (Å²) in [6, 6.07) is 10.8. The summed E-state index contributed by atoms with van der Waals surface area (Å²) in [5, 5.41) is 17.2. The van der Waals surface area contributed by atoms with E-state index in [1.54, 1.807) is 43.3 Å². The predicted octanol–water partition coefficient (Wildman–Crippen LogP) is 2.65. The van der Waals surface area contributed by atoms with E-state index in [-0.39, 0.29) is 40.7 Å². The van der Waals surface area contributed by atoms with E-state index in [9.17, 15) is 19.7 Å². The van der Waals surface area contributed by atoms with Crippen molar-refractivity contribution in [3.63, 3.8) is 0 Å². The van der Waals surface area contributed by atoms with Gasteiger partial charge >= 0.3 is 0 Å². The smallest absolute Gasteiger partial charge is 0.293 e. The zero-order chi connectivity index (χ0) is 20.7. The first-order valence-corrected chi connectivity index (χ1v) is 8.89. The first-order valence-electron chi connectivity index (χ1n) is 8.89. The van der Waals surface area contributed by atoms with Gasteiger partial charge in [0.1, 0.15) is 5.69 Å². The molecule has 2 N–H and O–H groups in total. The Hall–Kier alpha value is -2.97. The van der Waals surface area contributed by atoms with Crippen molar-refractivity contribution < 1.29 is 14.5 Å². The molecule has 9 heteroatoms. The quantitative estimate of drug-likeness (QED) is 0.279. The lowest BCUT2D eigenvalue weighted by molar-refractivity contribution is -0.384. The van der Waals surface area contributed by atoms with Gasteiger partial charge in [0.15, 0.2) is 5.78 Å². The third-order valence-electron chi connectivity index (χ3n) is 4.22. The summed E-state index contributed by atoms with van der Waals surface area (Å²) >= 11 is 0. The van der Waals surface area contributed by atoms with Gasteiger partial charge in [-0.15, -0.1) is 12.4 Å². The van der Waals surface area contributed by atoms with Crippen molar-refractivity contribution in [3.05, 3.63) is 69.3 Å². The molecule has 2 aromatic carbocycles. The summed E-state index contributed by atoms with van der Waals surface area (Å²) in [6.07, 6.45) is 0.760. The van der Waals surface area contributed by atoms with Crippen LogP contribution in [0.5, 0.6) is 0 Å². The number of hydrogen-bond donors (Lipinski definition) is 2. The molecule has 0 aromatic heterocycles. The average molecular weight is 421 g/mol. The highest BCUT2D eigenvalue weighted by Gasteiger charge is 2.22. The first kappa shape index (κ1) is 24.1. The molecule has 0 heterocycles. The Labute approximate surface area is 175 Å². The maximum Gasteiger partial charge on any atom is 0.293 e. The van der Waals surface area contributed by atoms with Crippen LogP contribution in [0.3, 0.4) is 0 Å². The minimum atomic E-state index is -0.521. The van der Waals surface area contributed by atoms with Crippen LogP contribution in [0.2, 0.25) is 0 Å². The van der Waals surface area contributed by atoms with E-state index in [0.29, 0.717) is 12.2 Å². The highest BCUT2D eigenvalue weighted by atomic mass is 35.5. The maximum absolute atomic E-state index is 13.0. The van der Waals surface area contributed by atoms with Gasteiger partial charge < -0.3 is 15.5 Å². The third-order valence-corrected chi connectivity index (χ3v) is 4.22. The molecule has 2 aromatic rings. The molecule has 0 bridgehead atoms. The fourth-order valence-electron chi connectivity index (χ4n) is 2.79. The monoisotopic (exact) mass is 420 g/mol. The Morgan fingerprint density at radius 2 is 1.72 bits per heavy atom. The number of nitro benzene ring substituents is 1. The van der Waals surface area contributed by atoms with Gasteiger partial charge in [0.2, 0.25) is 0 Å². The second kappa shape index (κ2) is 11.1. The molecule has 0 fully saturated rings. The van der Waals surface area contributed by atoms with Crippen molar-refractivity contribution in [2.45, 2.75) is 6.42 Å². The summed E-state index contributed by atoms with van der Waals surface area (Å²) < 4.78 is 0. The van der Waals surface area contributed by atoms with Crippen LogP contribution in [0.25, 0.3) is 0 Å². The Morgan fingerprint density at radius 1 is 1.07 bits per heavy atom. The molecule has 0 aliphatic carbocycles. The first-order chi connectivity index (χ1) is 13.4. The van der Waals surface area contributed by atoms with Crippen LogP contribution in [-0.4, -0.2) is 50.8 Å². The number of hydrogen-bond acceptors (Lipinski definition) is 6.